The molecule has 4 rings (SSSR count). The lowest BCUT2D eigenvalue weighted by atomic mass is 9.96. The van der Waals surface area contributed by atoms with Crippen LogP contribution in [0.1, 0.15) is 12.0 Å². The van der Waals surface area contributed by atoms with Gasteiger partial charge in [-0.05, 0) is 43.3 Å². The Morgan fingerprint density at radius 2 is 1.85 bits per heavy atom. The predicted molar refractivity (Wildman–Crippen MR) is 106 cm³/mol. The van der Waals surface area contributed by atoms with Crippen molar-refractivity contribution in [1.82, 2.24) is 4.90 Å². The molecule has 0 bridgehead atoms. The van der Waals surface area contributed by atoms with Gasteiger partial charge in [-0.3, -0.25) is 4.79 Å². The van der Waals surface area contributed by atoms with Crippen LogP contribution in [0.2, 0.25) is 5.02 Å². The fourth-order valence-corrected chi connectivity index (χ4v) is 3.49. The van der Waals surface area contributed by atoms with E-state index in [1.54, 1.807) is 24.3 Å². The molecule has 0 spiro atoms. The smallest absolute Gasteiger partial charge is 0.197 e. The molecule has 2 N–H and O–H groups in total. The Morgan fingerprint density at radius 3 is 2.52 bits per heavy atom. The van der Waals surface area contributed by atoms with Crippen molar-refractivity contribution in [1.29, 1.82) is 0 Å². The summed E-state index contributed by atoms with van der Waals surface area (Å²) in [6.07, 6.45) is 2.71. The maximum absolute atomic E-state index is 12.7. The number of phenolic OH excluding ortho intramolecular Hbond substituents is 2. The van der Waals surface area contributed by atoms with Gasteiger partial charge in [-0.25, -0.2) is 0 Å². The zero-order chi connectivity index (χ0) is 19.1. The number of phenols is 2. The number of rotatable bonds is 2. The highest BCUT2D eigenvalue weighted by atomic mass is 35.5. The topological polar surface area (TPSA) is 73.9 Å². The van der Waals surface area contributed by atoms with Gasteiger partial charge in [0.05, 0.1) is 5.56 Å². The van der Waals surface area contributed by atoms with Crippen molar-refractivity contribution in [2.45, 2.75) is 6.42 Å². The van der Waals surface area contributed by atoms with E-state index in [0.29, 0.717) is 28.3 Å². The van der Waals surface area contributed by atoms with E-state index in [1.807, 2.05) is 13.1 Å². The molecule has 1 aliphatic rings. The molecule has 0 amide bonds. The van der Waals surface area contributed by atoms with Gasteiger partial charge in [0.15, 0.2) is 11.0 Å². The Balaban J connectivity index is 2.00. The second-order valence-corrected chi connectivity index (χ2v) is 7.15. The fourth-order valence-electron chi connectivity index (χ4n) is 3.37. The summed E-state index contributed by atoms with van der Waals surface area (Å²) in [6, 6.07) is 9.47. The summed E-state index contributed by atoms with van der Waals surface area (Å²) in [6.45, 7) is 1.56. The first-order valence-corrected chi connectivity index (χ1v) is 8.98. The summed E-state index contributed by atoms with van der Waals surface area (Å²) >= 11 is 5.94. The van der Waals surface area contributed by atoms with Crippen LogP contribution in [0.15, 0.2) is 51.7 Å². The van der Waals surface area contributed by atoms with Gasteiger partial charge in [0, 0.05) is 35.8 Å². The van der Waals surface area contributed by atoms with Gasteiger partial charge in [-0.1, -0.05) is 17.7 Å². The van der Waals surface area contributed by atoms with E-state index in [9.17, 15) is 15.0 Å². The van der Waals surface area contributed by atoms with Crippen molar-refractivity contribution in [3.05, 3.63) is 63.3 Å². The first kappa shape index (κ1) is 17.6. The van der Waals surface area contributed by atoms with Gasteiger partial charge in [0.2, 0.25) is 0 Å². The summed E-state index contributed by atoms with van der Waals surface area (Å²) in [5.74, 6) is -0.0488. The maximum Gasteiger partial charge on any atom is 0.197 e. The van der Waals surface area contributed by atoms with Crippen molar-refractivity contribution in [2.24, 2.45) is 0 Å². The standard InChI is InChI=1S/C21H18ClNO4/c1-23-8-6-13(7-9-23)19-15(24)10-16(25)20-17(26)11-18(27-21(19)20)12-2-4-14(22)5-3-12/h2-6,10-11,24-25H,7-9H2,1H3. The lowest BCUT2D eigenvalue weighted by Crippen LogP contribution is -2.23. The SMILES string of the molecule is CN1CC=C(c2c(O)cc(O)c3c(=O)cc(-c4ccc(Cl)cc4)oc23)CC1. The van der Waals surface area contributed by atoms with Crippen LogP contribution in [0.3, 0.4) is 0 Å². The van der Waals surface area contributed by atoms with Crippen LogP contribution in [0.4, 0.5) is 0 Å². The summed E-state index contributed by atoms with van der Waals surface area (Å²) in [7, 11) is 2.01. The van der Waals surface area contributed by atoms with Crippen molar-refractivity contribution in [3.63, 3.8) is 0 Å². The second kappa shape index (κ2) is 6.76. The van der Waals surface area contributed by atoms with Crippen LogP contribution in [-0.4, -0.2) is 35.3 Å². The molecule has 0 radical (unpaired) electrons. The molecule has 138 valence electrons. The Morgan fingerprint density at radius 1 is 1.11 bits per heavy atom. The molecule has 27 heavy (non-hydrogen) atoms. The van der Waals surface area contributed by atoms with Crippen LogP contribution in [0, 0.1) is 0 Å². The van der Waals surface area contributed by atoms with Gasteiger partial charge in [-0.2, -0.15) is 0 Å². The molecule has 1 aliphatic heterocycles. The van der Waals surface area contributed by atoms with Crippen LogP contribution >= 0.6 is 11.6 Å². The molecule has 2 heterocycles. The number of halogens is 1. The van der Waals surface area contributed by atoms with Gasteiger partial charge in [0.1, 0.15) is 22.6 Å². The molecular weight excluding hydrogens is 366 g/mol. The van der Waals surface area contributed by atoms with Crippen molar-refractivity contribution in [2.75, 3.05) is 20.1 Å². The Hall–Kier alpha value is -2.76. The van der Waals surface area contributed by atoms with E-state index in [0.717, 1.165) is 18.7 Å². The first-order valence-electron chi connectivity index (χ1n) is 8.60. The van der Waals surface area contributed by atoms with Crippen LogP contribution in [0.5, 0.6) is 11.5 Å². The third kappa shape index (κ3) is 3.20. The zero-order valence-corrected chi connectivity index (χ0v) is 15.5. The minimum atomic E-state index is -0.367. The summed E-state index contributed by atoms with van der Waals surface area (Å²) < 4.78 is 6.02. The van der Waals surface area contributed by atoms with E-state index in [4.69, 9.17) is 16.0 Å². The van der Waals surface area contributed by atoms with Gasteiger partial charge in [0.25, 0.3) is 0 Å². The molecule has 0 aliphatic carbocycles. The van der Waals surface area contributed by atoms with E-state index >= 15 is 0 Å². The lowest BCUT2D eigenvalue weighted by Gasteiger charge is -2.23. The minimum absolute atomic E-state index is 0.0698. The summed E-state index contributed by atoms with van der Waals surface area (Å²) in [4.78, 5) is 14.9. The third-order valence-corrected chi connectivity index (χ3v) is 5.07. The van der Waals surface area contributed by atoms with Crippen molar-refractivity contribution < 1.29 is 14.6 Å². The van der Waals surface area contributed by atoms with Gasteiger partial charge in [-0.15, -0.1) is 0 Å². The highest BCUT2D eigenvalue weighted by Crippen LogP contribution is 2.40. The monoisotopic (exact) mass is 383 g/mol. The van der Waals surface area contributed by atoms with Gasteiger partial charge >= 0.3 is 0 Å². The number of nitrogens with zero attached hydrogens (tertiary/aromatic N) is 1. The second-order valence-electron chi connectivity index (χ2n) is 6.72. The molecule has 2 aromatic carbocycles. The molecule has 0 unspecified atom stereocenters. The maximum atomic E-state index is 12.7. The number of fused-ring (bicyclic) bond motifs is 1. The van der Waals surface area contributed by atoms with Gasteiger partial charge < -0.3 is 19.5 Å². The Bertz CT molecular complexity index is 1120. The molecule has 0 fully saturated rings. The third-order valence-electron chi connectivity index (χ3n) is 4.82. The minimum Gasteiger partial charge on any atom is -0.507 e. The highest BCUT2D eigenvalue weighted by molar-refractivity contribution is 6.30. The highest BCUT2D eigenvalue weighted by Gasteiger charge is 2.22. The first-order chi connectivity index (χ1) is 12.9. The van der Waals surface area contributed by atoms with Crippen LogP contribution in [-0.2, 0) is 0 Å². The number of benzene rings is 2. The molecule has 0 saturated carbocycles. The lowest BCUT2D eigenvalue weighted by molar-refractivity contribution is 0.369. The molecule has 5 nitrogen and oxygen atoms in total. The Kier molecular flexibility index (Phi) is 4.42. The molecule has 6 heteroatoms. The molecule has 0 atom stereocenters. The van der Waals surface area contributed by atoms with E-state index in [2.05, 4.69) is 4.90 Å². The van der Waals surface area contributed by atoms with Crippen molar-refractivity contribution in [3.8, 4) is 22.8 Å². The number of aromatic hydroxyl groups is 2. The molecule has 1 aromatic heterocycles. The predicted octanol–water partition coefficient (Wildman–Crippen LogP) is 4.24. The Labute approximate surface area is 160 Å². The fraction of sp³-hybridized carbons (Fsp3) is 0.190. The summed E-state index contributed by atoms with van der Waals surface area (Å²) in [5.41, 5.74) is 1.87. The van der Waals surface area contributed by atoms with Crippen molar-refractivity contribution >= 4 is 28.1 Å². The molecule has 3 aromatic rings. The average molecular weight is 384 g/mol. The molecule has 0 saturated heterocycles. The zero-order valence-electron chi connectivity index (χ0n) is 14.7. The largest absolute Gasteiger partial charge is 0.507 e. The van der Waals surface area contributed by atoms with E-state index in [1.165, 1.54) is 12.1 Å². The normalized spacial score (nSPS) is 15.1. The van der Waals surface area contributed by atoms with Crippen LogP contribution in [0.25, 0.3) is 27.9 Å². The number of likely N-dealkylation sites (N-methyl/N-ethyl adjacent to an activating group) is 1. The van der Waals surface area contributed by atoms with E-state index in [-0.39, 0.29) is 27.9 Å². The average Bonchev–Trinajstić information content (AvgIpc) is 2.63. The number of hydrogen-bond donors (Lipinski definition) is 2. The quantitative estimate of drug-likeness (QED) is 0.692. The molecular formula is C21H18ClNO4. The number of hydrogen-bond acceptors (Lipinski definition) is 5. The van der Waals surface area contributed by atoms with Crippen LogP contribution < -0.4 is 5.43 Å². The summed E-state index contributed by atoms with van der Waals surface area (Å²) in [5, 5.41) is 21.4. The van der Waals surface area contributed by atoms with E-state index < -0.39 is 0 Å².